The molecule has 1 aliphatic heterocycles. The van der Waals surface area contributed by atoms with Crippen molar-refractivity contribution in [3.05, 3.63) is 0 Å². The highest BCUT2D eigenvalue weighted by atomic mass is 15.3. The number of rotatable bonds is 2. The predicted molar refractivity (Wildman–Crippen MR) is 73.1 cm³/mol. The Kier molecular flexibility index (Phi) is 4.11. The molecule has 2 N–H and O–H groups in total. The Labute approximate surface area is 106 Å². The topological polar surface area (TPSA) is 32.5 Å². The third-order valence-corrected chi connectivity index (χ3v) is 5.08. The van der Waals surface area contributed by atoms with Gasteiger partial charge in [0, 0.05) is 37.8 Å². The number of piperazine rings is 1. The minimum atomic E-state index is 0.313. The van der Waals surface area contributed by atoms with Gasteiger partial charge in [0.1, 0.15) is 0 Å². The summed E-state index contributed by atoms with van der Waals surface area (Å²) >= 11 is 0. The Hall–Kier alpha value is -0.120. The van der Waals surface area contributed by atoms with E-state index in [0.29, 0.717) is 11.6 Å². The molecule has 0 aromatic carbocycles. The van der Waals surface area contributed by atoms with Crippen LogP contribution in [-0.4, -0.2) is 54.6 Å². The second kappa shape index (κ2) is 5.25. The van der Waals surface area contributed by atoms with Gasteiger partial charge in [0.15, 0.2) is 0 Å². The van der Waals surface area contributed by atoms with Gasteiger partial charge >= 0.3 is 0 Å². The van der Waals surface area contributed by atoms with Crippen LogP contribution in [0.4, 0.5) is 0 Å². The molecule has 1 saturated heterocycles. The quantitative estimate of drug-likeness (QED) is 0.793. The normalized spacial score (nSPS) is 41.6. The molecule has 0 aromatic heterocycles. The second-order valence-corrected chi connectivity index (χ2v) is 6.41. The van der Waals surface area contributed by atoms with Crippen LogP contribution in [0.1, 0.15) is 39.5 Å². The fourth-order valence-electron chi connectivity index (χ4n) is 3.71. The lowest BCUT2D eigenvalue weighted by molar-refractivity contribution is -0.0125. The van der Waals surface area contributed by atoms with Crippen molar-refractivity contribution >= 4 is 0 Å². The SMILES string of the molecule is CC1CCCC(CN)(N2CCN(C)C(C)C2)C1. The smallest absolute Gasteiger partial charge is 0.0335 e. The second-order valence-electron chi connectivity index (χ2n) is 6.41. The summed E-state index contributed by atoms with van der Waals surface area (Å²) in [5.41, 5.74) is 6.47. The van der Waals surface area contributed by atoms with Gasteiger partial charge in [0.05, 0.1) is 0 Å². The zero-order valence-corrected chi connectivity index (χ0v) is 11.8. The van der Waals surface area contributed by atoms with Gasteiger partial charge in [-0.05, 0) is 32.7 Å². The largest absolute Gasteiger partial charge is 0.329 e. The van der Waals surface area contributed by atoms with Crippen molar-refractivity contribution in [2.45, 2.75) is 51.1 Å². The summed E-state index contributed by atoms with van der Waals surface area (Å²) in [7, 11) is 2.24. The maximum absolute atomic E-state index is 6.16. The van der Waals surface area contributed by atoms with Crippen LogP contribution in [0.15, 0.2) is 0 Å². The molecule has 3 atom stereocenters. The predicted octanol–water partition coefficient (Wildman–Crippen LogP) is 1.53. The molecular weight excluding hydrogens is 210 g/mol. The zero-order chi connectivity index (χ0) is 12.5. The third kappa shape index (κ3) is 2.67. The van der Waals surface area contributed by atoms with Crippen molar-refractivity contribution < 1.29 is 0 Å². The lowest BCUT2D eigenvalue weighted by Gasteiger charge is -2.52. The molecule has 1 heterocycles. The van der Waals surface area contributed by atoms with Crippen LogP contribution in [0.3, 0.4) is 0 Å². The van der Waals surface area contributed by atoms with E-state index in [1.807, 2.05) is 0 Å². The number of nitrogens with zero attached hydrogens (tertiary/aromatic N) is 2. The molecule has 2 fully saturated rings. The fraction of sp³-hybridized carbons (Fsp3) is 1.00. The molecule has 0 spiro atoms. The van der Waals surface area contributed by atoms with Crippen molar-refractivity contribution in [2.75, 3.05) is 33.2 Å². The van der Waals surface area contributed by atoms with Gasteiger partial charge in [0.2, 0.25) is 0 Å². The minimum Gasteiger partial charge on any atom is -0.329 e. The van der Waals surface area contributed by atoms with E-state index < -0.39 is 0 Å². The van der Waals surface area contributed by atoms with Gasteiger partial charge in [-0.2, -0.15) is 0 Å². The molecule has 2 rings (SSSR count). The average Bonchev–Trinajstić information content (AvgIpc) is 2.32. The van der Waals surface area contributed by atoms with E-state index in [-0.39, 0.29) is 0 Å². The van der Waals surface area contributed by atoms with Gasteiger partial charge in [-0.3, -0.25) is 4.90 Å². The highest BCUT2D eigenvalue weighted by Gasteiger charge is 2.40. The van der Waals surface area contributed by atoms with E-state index in [1.54, 1.807) is 0 Å². The fourth-order valence-corrected chi connectivity index (χ4v) is 3.71. The number of nitrogens with two attached hydrogens (primary N) is 1. The van der Waals surface area contributed by atoms with Gasteiger partial charge in [0.25, 0.3) is 0 Å². The Morgan fingerprint density at radius 1 is 1.29 bits per heavy atom. The van der Waals surface area contributed by atoms with E-state index in [4.69, 9.17) is 5.73 Å². The maximum Gasteiger partial charge on any atom is 0.0335 e. The summed E-state index contributed by atoms with van der Waals surface area (Å²) < 4.78 is 0. The first-order valence-electron chi connectivity index (χ1n) is 7.23. The summed E-state index contributed by atoms with van der Waals surface area (Å²) in [6.07, 6.45) is 5.37. The Morgan fingerprint density at radius 2 is 2.06 bits per heavy atom. The number of hydrogen-bond donors (Lipinski definition) is 1. The molecule has 1 aliphatic carbocycles. The standard InChI is InChI=1S/C14H29N3/c1-12-5-4-6-14(9-12,11-15)17-8-7-16(3)13(2)10-17/h12-13H,4-11,15H2,1-3H3. The lowest BCUT2D eigenvalue weighted by atomic mass is 9.75. The molecule has 0 aromatic rings. The van der Waals surface area contributed by atoms with E-state index in [0.717, 1.165) is 12.5 Å². The molecule has 1 saturated carbocycles. The first kappa shape index (κ1) is 13.3. The van der Waals surface area contributed by atoms with E-state index in [2.05, 4.69) is 30.7 Å². The summed E-state index contributed by atoms with van der Waals surface area (Å²) in [5, 5.41) is 0. The van der Waals surface area contributed by atoms with Crippen LogP contribution in [0.2, 0.25) is 0 Å². The molecule has 3 heteroatoms. The molecule has 0 radical (unpaired) electrons. The van der Waals surface area contributed by atoms with Crippen LogP contribution in [0.25, 0.3) is 0 Å². The van der Waals surface area contributed by atoms with Gasteiger partial charge in [-0.25, -0.2) is 0 Å². The third-order valence-electron chi connectivity index (χ3n) is 5.08. The van der Waals surface area contributed by atoms with E-state index in [1.165, 1.54) is 45.3 Å². The van der Waals surface area contributed by atoms with Crippen LogP contribution in [0, 0.1) is 5.92 Å². The van der Waals surface area contributed by atoms with Crippen LogP contribution in [-0.2, 0) is 0 Å². The summed E-state index contributed by atoms with van der Waals surface area (Å²) in [6.45, 7) is 9.15. The van der Waals surface area contributed by atoms with Crippen molar-refractivity contribution in [1.29, 1.82) is 0 Å². The molecular formula is C14H29N3. The number of likely N-dealkylation sites (N-methyl/N-ethyl adjacent to an activating group) is 1. The maximum atomic E-state index is 6.16. The first-order chi connectivity index (χ1) is 8.07. The summed E-state index contributed by atoms with van der Waals surface area (Å²) in [6, 6.07) is 0.671. The van der Waals surface area contributed by atoms with Gasteiger partial charge in [-0.1, -0.05) is 19.8 Å². The highest BCUT2D eigenvalue weighted by Crippen LogP contribution is 2.37. The highest BCUT2D eigenvalue weighted by molar-refractivity contribution is 4.98. The van der Waals surface area contributed by atoms with Gasteiger partial charge in [-0.15, -0.1) is 0 Å². The Bertz CT molecular complexity index is 256. The summed E-state index contributed by atoms with van der Waals surface area (Å²) in [5.74, 6) is 0.849. The Morgan fingerprint density at radius 3 is 2.65 bits per heavy atom. The monoisotopic (exact) mass is 239 g/mol. The molecule has 17 heavy (non-hydrogen) atoms. The van der Waals surface area contributed by atoms with Crippen molar-refractivity contribution in [3.63, 3.8) is 0 Å². The molecule has 3 unspecified atom stereocenters. The average molecular weight is 239 g/mol. The number of hydrogen-bond acceptors (Lipinski definition) is 3. The molecule has 3 nitrogen and oxygen atoms in total. The van der Waals surface area contributed by atoms with Crippen LogP contribution in [0.5, 0.6) is 0 Å². The van der Waals surface area contributed by atoms with Crippen molar-refractivity contribution in [1.82, 2.24) is 9.80 Å². The lowest BCUT2D eigenvalue weighted by Crippen LogP contribution is -2.63. The van der Waals surface area contributed by atoms with E-state index >= 15 is 0 Å². The molecule has 0 bridgehead atoms. The van der Waals surface area contributed by atoms with E-state index in [9.17, 15) is 0 Å². The van der Waals surface area contributed by atoms with Crippen molar-refractivity contribution in [3.8, 4) is 0 Å². The molecule has 0 amide bonds. The summed E-state index contributed by atoms with van der Waals surface area (Å²) in [4.78, 5) is 5.17. The van der Waals surface area contributed by atoms with Crippen molar-refractivity contribution in [2.24, 2.45) is 11.7 Å². The minimum absolute atomic E-state index is 0.313. The Balaban J connectivity index is 2.07. The zero-order valence-electron chi connectivity index (χ0n) is 11.8. The van der Waals surface area contributed by atoms with Crippen LogP contribution < -0.4 is 5.73 Å². The van der Waals surface area contributed by atoms with Gasteiger partial charge < -0.3 is 10.6 Å². The molecule has 2 aliphatic rings. The molecule has 100 valence electrons. The van der Waals surface area contributed by atoms with Crippen LogP contribution >= 0.6 is 0 Å². The first-order valence-corrected chi connectivity index (χ1v) is 7.23.